The first kappa shape index (κ1) is 12.4. The second kappa shape index (κ2) is 4.48. The van der Waals surface area contributed by atoms with E-state index in [0.717, 1.165) is 25.6 Å². The summed E-state index contributed by atoms with van der Waals surface area (Å²) in [5, 5.41) is 0. The fraction of sp³-hybridized carbons (Fsp3) is 0.333. The zero-order valence-corrected chi connectivity index (χ0v) is 8.28. The molecule has 4 nitrogen and oxygen atoms in total. The maximum Gasteiger partial charge on any atom is 0.416 e. The number of alkyl halides is 3. The molecule has 1 unspecified atom stereocenters. The van der Waals surface area contributed by atoms with Crippen molar-refractivity contribution in [3.8, 4) is 0 Å². The normalized spacial score (nSPS) is 13.3. The molecule has 0 saturated carbocycles. The van der Waals surface area contributed by atoms with Crippen LogP contribution in [-0.4, -0.2) is 18.1 Å². The number of nitrogens with zero attached hydrogens (tertiary/aromatic N) is 1. The van der Waals surface area contributed by atoms with Crippen LogP contribution in [0.4, 0.5) is 13.2 Å². The molecule has 16 heavy (non-hydrogen) atoms. The van der Waals surface area contributed by atoms with E-state index in [1.165, 1.54) is 0 Å². The molecule has 1 aromatic rings. The summed E-state index contributed by atoms with van der Waals surface area (Å²) in [4.78, 5) is 14.6. The smallest absolute Gasteiger partial charge is 0.416 e. The highest BCUT2D eigenvalue weighted by molar-refractivity contribution is 5.77. The summed E-state index contributed by atoms with van der Waals surface area (Å²) in [5.41, 5.74) is 3.95. The molecule has 0 spiro atoms. The third kappa shape index (κ3) is 2.48. The number of rotatable bonds is 2. The van der Waals surface area contributed by atoms with Crippen molar-refractivity contribution in [3.63, 3.8) is 0 Å². The van der Waals surface area contributed by atoms with Gasteiger partial charge in [0.25, 0.3) is 0 Å². The maximum atomic E-state index is 12.5. The molecule has 1 atom stereocenters. The number of methoxy groups -OCH3 is 1. The van der Waals surface area contributed by atoms with Gasteiger partial charge in [-0.2, -0.15) is 13.2 Å². The summed E-state index contributed by atoms with van der Waals surface area (Å²) < 4.78 is 41.9. The van der Waals surface area contributed by atoms with Gasteiger partial charge in [-0.15, -0.1) is 0 Å². The molecule has 0 bridgehead atoms. The largest absolute Gasteiger partial charge is 0.468 e. The van der Waals surface area contributed by atoms with E-state index in [4.69, 9.17) is 5.73 Å². The van der Waals surface area contributed by atoms with E-state index >= 15 is 0 Å². The Bertz CT molecular complexity index is 393. The highest BCUT2D eigenvalue weighted by Gasteiger charge is 2.36. The number of carbonyl (C=O) groups is 1. The second-order valence-electron chi connectivity index (χ2n) is 2.96. The number of ether oxygens (including phenoxy) is 1. The number of halogens is 3. The maximum absolute atomic E-state index is 12.5. The van der Waals surface area contributed by atoms with Crippen molar-refractivity contribution in [2.45, 2.75) is 12.2 Å². The molecule has 0 aliphatic heterocycles. The average Bonchev–Trinajstić information content (AvgIpc) is 2.26. The van der Waals surface area contributed by atoms with Gasteiger partial charge in [0, 0.05) is 18.0 Å². The molecule has 0 aromatic carbocycles. The first-order chi connectivity index (χ1) is 7.38. The van der Waals surface area contributed by atoms with E-state index in [9.17, 15) is 18.0 Å². The number of carbonyl (C=O) groups excluding carboxylic acids is 1. The van der Waals surface area contributed by atoms with Crippen LogP contribution in [0.5, 0.6) is 0 Å². The molecular weight excluding hydrogens is 225 g/mol. The zero-order valence-electron chi connectivity index (χ0n) is 8.28. The van der Waals surface area contributed by atoms with Crippen LogP contribution in [0.25, 0.3) is 0 Å². The molecule has 0 amide bonds. The van der Waals surface area contributed by atoms with Crippen LogP contribution in [0.1, 0.15) is 17.2 Å². The molecule has 0 fully saturated rings. The summed E-state index contributed by atoms with van der Waals surface area (Å²) in [6.45, 7) is 0. The summed E-state index contributed by atoms with van der Waals surface area (Å²) >= 11 is 0. The van der Waals surface area contributed by atoms with Crippen molar-refractivity contribution in [2.24, 2.45) is 5.73 Å². The molecule has 7 heteroatoms. The number of hydrogen-bond donors (Lipinski definition) is 1. The average molecular weight is 234 g/mol. The predicted octanol–water partition coefficient (Wildman–Crippen LogP) is 1.27. The Morgan fingerprint density at radius 3 is 2.69 bits per heavy atom. The van der Waals surface area contributed by atoms with Gasteiger partial charge in [-0.05, 0) is 6.07 Å². The number of esters is 1. The second-order valence-corrected chi connectivity index (χ2v) is 2.96. The Kier molecular flexibility index (Phi) is 3.48. The van der Waals surface area contributed by atoms with Gasteiger partial charge >= 0.3 is 12.1 Å². The standard InChI is InChI=1S/C9H9F3N2O2/c1-16-8(15)7(13)5-4-14-3-2-6(5)9(10,11)12/h2-4,7H,13H2,1H3. The lowest BCUT2D eigenvalue weighted by molar-refractivity contribution is -0.144. The van der Waals surface area contributed by atoms with Crippen LogP contribution in [0, 0.1) is 0 Å². The van der Waals surface area contributed by atoms with Gasteiger partial charge in [-0.1, -0.05) is 0 Å². The van der Waals surface area contributed by atoms with Crippen molar-refractivity contribution in [3.05, 3.63) is 29.6 Å². The lowest BCUT2D eigenvalue weighted by atomic mass is 10.0. The number of hydrogen-bond acceptors (Lipinski definition) is 4. The molecule has 1 aromatic heterocycles. The zero-order chi connectivity index (χ0) is 12.3. The van der Waals surface area contributed by atoms with Gasteiger partial charge in [-0.25, -0.2) is 0 Å². The topological polar surface area (TPSA) is 65.2 Å². The Morgan fingerprint density at radius 1 is 1.56 bits per heavy atom. The van der Waals surface area contributed by atoms with Crippen LogP contribution in [0.3, 0.4) is 0 Å². The molecule has 0 aliphatic rings. The Balaban J connectivity index is 3.19. The summed E-state index contributed by atoms with van der Waals surface area (Å²) in [7, 11) is 1.05. The van der Waals surface area contributed by atoms with Crippen LogP contribution in [0.2, 0.25) is 0 Å². The molecule has 1 heterocycles. The Labute approximate surface area is 89.2 Å². The van der Waals surface area contributed by atoms with Crippen molar-refractivity contribution in [1.82, 2.24) is 4.98 Å². The number of nitrogens with two attached hydrogens (primary N) is 1. The van der Waals surface area contributed by atoms with Crippen molar-refractivity contribution < 1.29 is 22.7 Å². The summed E-state index contributed by atoms with van der Waals surface area (Å²) in [5.74, 6) is -0.946. The van der Waals surface area contributed by atoms with Gasteiger partial charge in [0.05, 0.1) is 12.7 Å². The quantitative estimate of drug-likeness (QED) is 0.782. The van der Waals surface area contributed by atoms with E-state index in [1.807, 2.05) is 0 Å². The minimum absolute atomic E-state index is 0.401. The minimum Gasteiger partial charge on any atom is -0.468 e. The number of aromatic nitrogens is 1. The lowest BCUT2D eigenvalue weighted by Gasteiger charge is -2.15. The van der Waals surface area contributed by atoms with Crippen LogP contribution in [0.15, 0.2) is 18.5 Å². The Hall–Kier alpha value is -1.63. The van der Waals surface area contributed by atoms with Crippen LogP contribution in [-0.2, 0) is 15.7 Å². The van der Waals surface area contributed by atoms with Gasteiger partial charge in [0.15, 0.2) is 0 Å². The summed E-state index contributed by atoms with van der Waals surface area (Å²) in [6.07, 6.45) is -2.69. The van der Waals surface area contributed by atoms with Crippen molar-refractivity contribution in [2.75, 3.05) is 7.11 Å². The van der Waals surface area contributed by atoms with Gasteiger partial charge < -0.3 is 10.5 Å². The minimum atomic E-state index is -4.58. The highest BCUT2D eigenvalue weighted by atomic mass is 19.4. The molecular formula is C9H9F3N2O2. The first-order valence-corrected chi connectivity index (χ1v) is 4.22. The fourth-order valence-corrected chi connectivity index (χ4v) is 1.17. The molecule has 88 valence electrons. The van der Waals surface area contributed by atoms with E-state index in [-0.39, 0.29) is 0 Å². The lowest BCUT2D eigenvalue weighted by Crippen LogP contribution is -2.26. The van der Waals surface area contributed by atoms with Gasteiger partial charge in [-0.3, -0.25) is 9.78 Å². The molecule has 0 radical (unpaired) electrons. The van der Waals surface area contributed by atoms with Crippen molar-refractivity contribution in [1.29, 1.82) is 0 Å². The predicted molar refractivity (Wildman–Crippen MR) is 48.2 cm³/mol. The SMILES string of the molecule is COC(=O)C(N)c1cnccc1C(F)(F)F. The van der Waals surface area contributed by atoms with Crippen LogP contribution < -0.4 is 5.73 Å². The third-order valence-electron chi connectivity index (χ3n) is 1.95. The molecule has 2 N–H and O–H groups in total. The van der Waals surface area contributed by atoms with E-state index < -0.39 is 29.3 Å². The van der Waals surface area contributed by atoms with Crippen LogP contribution >= 0.6 is 0 Å². The van der Waals surface area contributed by atoms with Gasteiger partial charge in [0.2, 0.25) is 0 Å². The fourth-order valence-electron chi connectivity index (χ4n) is 1.17. The molecule has 0 saturated heterocycles. The third-order valence-corrected chi connectivity index (χ3v) is 1.95. The van der Waals surface area contributed by atoms with E-state index in [1.54, 1.807) is 0 Å². The van der Waals surface area contributed by atoms with Crippen molar-refractivity contribution >= 4 is 5.97 Å². The molecule has 0 aliphatic carbocycles. The van der Waals surface area contributed by atoms with E-state index in [0.29, 0.717) is 0 Å². The monoisotopic (exact) mass is 234 g/mol. The Morgan fingerprint density at radius 2 is 2.19 bits per heavy atom. The number of pyridine rings is 1. The van der Waals surface area contributed by atoms with E-state index in [2.05, 4.69) is 9.72 Å². The highest BCUT2D eigenvalue weighted by Crippen LogP contribution is 2.33. The van der Waals surface area contributed by atoms with Gasteiger partial charge in [0.1, 0.15) is 6.04 Å². The summed E-state index contributed by atoms with van der Waals surface area (Å²) in [6, 6.07) is -0.728. The first-order valence-electron chi connectivity index (χ1n) is 4.22. The molecule has 1 rings (SSSR count).